The molecule has 16 heavy (non-hydrogen) atoms. The minimum atomic E-state index is 0.0926. The summed E-state index contributed by atoms with van der Waals surface area (Å²) in [5.41, 5.74) is 6.77. The number of rotatable bonds is 0. The molecule has 3 heteroatoms. The van der Waals surface area contributed by atoms with Gasteiger partial charge in [-0.25, -0.2) is 0 Å². The van der Waals surface area contributed by atoms with E-state index in [9.17, 15) is 0 Å². The molecule has 0 aliphatic heterocycles. The van der Waals surface area contributed by atoms with E-state index < -0.39 is 0 Å². The molecule has 1 heterocycles. The van der Waals surface area contributed by atoms with Gasteiger partial charge in [0.25, 0.3) is 0 Å². The third-order valence-electron chi connectivity index (χ3n) is 1.68. The van der Waals surface area contributed by atoms with Crippen LogP contribution in [0.15, 0.2) is 6.07 Å². The highest BCUT2D eigenvalue weighted by Gasteiger charge is 2.17. The average Bonchev–Trinajstić information content (AvgIpc) is 2.51. The van der Waals surface area contributed by atoms with Crippen LogP contribution in [0.3, 0.4) is 0 Å². The van der Waals surface area contributed by atoms with Crippen LogP contribution < -0.4 is 5.73 Å². The zero-order chi connectivity index (χ0) is 13.4. The molecule has 0 saturated carbocycles. The first-order chi connectivity index (χ1) is 7.32. The lowest BCUT2D eigenvalue weighted by Gasteiger charge is -2.13. The van der Waals surface area contributed by atoms with Crippen molar-refractivity contribution in [1.29, 1.82) is 0 Å². The first-order valence-electron chi connectivity index (χ1n) is 6.12. The zero-order valence-electron chi connectivity index (χ0n) is 12.3. The van der Waals surface area contributed by atoms with E-state index in [0.29, 0.717) is 0 Å². The van der Waals surface area contributed by atoms with Crippen LogP contribution in [0.5, 0.6) is 0 Å². The summed E-state index contributed by atoms with van der Waals surface area (Å²) >= 11 is 0. The second-order valence-corrected chi connectivity index (χ2v) is 4.54. The highest BCUT2D eigenvalue weighted by Crippen LogP contribution is 2.21. The molecule has 0 radical (unpaired) electrons. The fraction of sp³-hybridized carbons (Fsp3) is 0.769. The minimum Gasteiger partial charge on any atom is -0.384 e. The summed E-state index contributed by atoms with van der Waals surface area (Å²) in [6, 6.07) is 1.92. The van der Waals surface area contributed by atoms with Crippen molar-refractivity contribution in [3.8, 4) is 0 Å². The number of hydrogen-bond acceptors (Lipinski definition) is 2. The van der Waals surface area contributed by atoms with Gasteiger partial charge in [0, 0.05) is 18.5 Å². The number of aryl methyl sites for hydroxylation is 1. The molecule has 1 aromatic heterocycles. The van der Waals surface area contributed by atoms with E-state index in [2.05, 4.69) is 39.7 Å². The van der Waals surface area contributed by atoms with Crippen molar-refractivity contribution < 1.29 is 0 Å². The van der Waals surface area contributed by atoms with Gasteiger partial charge in [-0.05, 0) is 0 Å². The fourth-order valence-electron chi connectivity index (χ4n) is 0.848. The van der Waals surface area contributed by atoms with E-state index in [1.165, 1.54) is 6.42 Å². The van der Waals surface area contributed by atoms with Gasteiger partial charge in [-0.3, -0.25) is 4.68 Å². The summed E-state index contributed by atoms with van der Waals surface area (Å²) in [4.78, 5) is 0. The molecule has 0 aliphatic rings. The van der Waals surface area contributed by atoms with Crippen LogP contribution in [0.1, 0.15) is 60.6 Å². The van der Waals surface area contributed by atoms with E-state index in [1.54, 1.807) is 4.68 Å². The van der Waals surface area contributed by atoms with Crippen molar-refractivity contribution >= 4 is 5.82 Å². The van der Waals surface area contributed by atoms with Crippen molar-refractivity contribution in [2.45, 2.75) is 60.3 Å². The van der Waals surface area contributed by atoms with Crippen LogP contribution in [0.2, 0.25) is 0 Å². The third kappa shape index (κ3) is 6.49. The van der Waals surface area contributed by atoms with Crippen molar-refractivity contribution in [2.75, 3.05) is 5.73 Å². The summed E-state index contributed by atoms with van der Waals surface area (Å²) in [5, 5.41) is 4.27. The van der Waals surface area contributed by atoms with Gasteiger partial charge in [-0.1, -0.05) is 54.9 Å². The zero-order valence-corrected chi connectivity index (χ0v) is 12.3. The van der Waals surface area contributed by atoms with E-state index in [1.807, 2.05) is 27.0 Å². The molecule has 0 aliphatic carbocycles. The van der Waals surface area contributed by atoms with Crippen LogP contribution in [-0.4, -0.2) is 9.78 Å². The Kier molecular flexibility index (Phi) is 8.92. The van der Waals surface area contributed by atoms with E-state index >= 15 is 0 Å². The summed E-state index contributed by atoms with van der Waals surface area (Å²) in [6.07, 6.45) is 1.25. The highest BCUT2D eigenvalue weighted by molar-refractivity contribution is 5.33. The maximum absolute atomic E-state index is 5.64. The number of nitrogens with zero attached hydrogens (tertiary/aromatic N) is 2. The Bertz CT molecular complexity index is 250. The summed E-state index contributed by atoms with van der Waals surface area (Å²) < 4.78 is 1.70. The predicted molar refractivity (Wildman–Crippen MR) is 73.6 cm³/mol. The Morgan fingerprint density at radius 3 is 1.75 bits per heavy atom. The molecule has 0 spiro atoms. The number of nitrogens with two attached hydrogens (primary N) is 1. The molecular formula is C13H29N3. The van der Waals surface area contributed by atoms with Crippen molar-refractivity contribution in [1.82, 2.24) is 9.78 Å². The number of anilines is 1. The van der Waals surface area contributed by atoms with Gasteiger partial charge in [-0.15, -0.1) is 0 Å². The Labute approximate surface area is 101 Å². The number of hydrogen-bond donors (Lipinski definition) is 1. The van der Waals surface area contributed by atoms with Crippen LogP contribution in [-0.2, 0) is 12.5 Å². The Morgan fingerprint density at radius 2 is 1.62 bits per heavy atom. The van der Waals surface area contributed by atoms with Crippen LogP contribution in [0.25, 0.3) is 0 Å². The van der Waals surface area contributed by atoms with Gasteiger partial charge in [0.05, 0.1) is 5.69 Å². The molecule has 0 unspecified atom stereocenters. The standard InChI is InChI=1S/C8H15N3.C3H8.C2H6/c1-8(2,3)6-5-7(9)11(4)10-6;1-3-2;1-2/h5H,9H2,1-4H3;3H2,1-2H3;1-2H3. The maximum Gasteiger partial charge on any atom is 0.121 e. The third-order valence-corrected chi connectivity index (χ3v) is 1.68. The van der Waals surface area contributed by atoms with E-state index in [4.69, 9.17) is 5.73 Å². The second-order valence-electron chi connectivity index (χ2n) is 4.54. The molecule has 0 fully saturated rings. The van der Waals surface area contributed by atoms with E-state index in [-0.39, 0.29) is 5.41 Å². The quantitative estimate of drug-likeness (QED) is 0.733. The molecule has 0 bridgehead atoms. The fourth-order valence-corrected chi connectivity index (χ4v) is 0.848. The summed E-state index contributed by atoms with van der Waals surface area (Å²) in [7, 11) is 1.85. The van der Waals surface area contributed by atoms with Crippen LogP contribution >= 0.6 is 0 Å². The Balaban J connectivity index is 0. The van der Waals surface area contributed by atoms with Crippen LogP contribution in [0, 0.1) is 0 Å². The lowest BCUT2D eigenvalue weighted by molar-refractivity contribution is 0.553. The molecule has 96 valence electrons. The van der Waals surface area contributed by atoms with Gasteiger partial charge in [0.2, 0.25) is 0 Å². The average molecular weight is 227 g/mol. The molecular weight excluding hydrogens is 198 g/mol. The van der Waals surface area contributed by atoms with Gasteiger partial charge in [0.15, 0.2) is 0 Å². The van der Waals surface area contributed by atoms with Gasteiger partial charge < -0.3 is 5.73 Å². The first kappa shape index (κ1) is 17.4. The first-order valence-corrected chi connectivity index (χ1v) is 6.12. The summed E-state index contributed by atoms with van der Waals surface area (Å²) in [5.74, 6) is 0.718. The predicted octanol–water partition coefficient (Wildman–Crippen LogP) is 3.74. The molecule has 0 aromatic carbocycles. The second kappa shape index (κ2) is 8.20. The van der Waals surface area contributed by atoms with Gasteiger partial charge in [0.1, 0.15) is 5.82 Å². The molecule has 1 aromatic rings. The number of aromatic nitrogens is 2. The molecule has 3 nitrogen and oxygen atoms in total. The normalized spacial score (nSPS) is 9.75. The minimum absolute atomic E-state index is 0.0926. The van der Waals surface area contributed by atoms with Crippen molar-refractivity contribution in [3.63, 3.8) is 0 Å². The van der Waals surface area contributed by atoms with Gasteiger partial charge >= 0.3 is 0 Å². The molecule has 2 N–H and O–H groups in total. The molecule has 0 saturated heterocycles. The maximum atomic E-state index is 5.64. The van der Waals surface area contributed by atoms with Gasteiger partial charge in [-0.2, -0.15) is 5.10 Å². The highest BCUT2D eigenvalue weighted by atomic mass is 15.3. The topological polar surface area (TPSA) is 43.8 Å². The number of nitrogen functional groups attached to an aromatic ring is 1. The SMILES string of the molecule is CC.CCC.Cn1nc(C(C)(C)C)cc1N. The largest absolute Gasteiger partial charge is 0.384 e. The van der Waals surface area contributed by atoms with Crippen molar-refractivity contribution in [2.24, 2.45) is 7.05 Å². The van der Waals surface area contributed by atoms with Crippen molar-refractivity contribution in [3.05, 3.63) is 11.8 Å². The Hall–Kier alpha value is -0.990. The smallest absolute Gasteiger partial charge is 0.121 e. The van der Waals surface area contributed by atoms with Crippen LogP contribution in [0.4, 0.5) is 5.82 Å². The molecule has 0 atom stereocenters. The summed E-state index contributed by atoms with van der Waals surface area (Å²) in [6.45, 7) is 14.6. The van der Waals surface area contributed by atoms with E-state index in [0.717, 1.165) is 11.5 Å². The lowest BCUT2D eigenvalue weighted by Crippen LogP contribution is -2.12. The lowest BCUT2D eigenvalue weighted by atomic mass is 9.92. The monoisotopic (exact) mass is 227 g/mol. The molecule has 1 rings (SSSR count). The molecule has 0 amide bonds. The Morgan fingerprint density at radius 1 is 1.25 bits per heavy atom.